The molecule has 0 aliphatic carbocycles. The summed E-state index contributed by atoms with van der Waals surface area (Å²) in [5.41, 5.74) is 5.26. The first-order chi connectivity index (χ1) is 16.0. The van der Waals surface area contributed by atoms with Gasteiger partial charge in [-0.1, -0.05) is 17.7 Å². The molecule has 0 fully saturated rings. The molecule has 7 nitrogen and oxygen atoms in total. The number of thiocarbonyl (C=S) groups is 1. The van der Waals surface area contributed by atoms with Gasteiger partial charge in [-0.25, -0.2) is 8.42 Å². The highest BCUT2D eigenvalue weighted by Gasteiger charge is 2.16. The molecule has 0 aliphatic heterocycles. The molecule has 0 bridgehead atoms. The standard InChI is InChI=1S/C25H27N3O4S2/c1-15-6-11-22(17(3)12-15)28-34(30,31)21-9-7-20(8-10-21)26-25(33)27-24(29)19-13-16(2)18(4)23(14-19)32-5/h6-14,28H,1-5H3,(H2,26,27,29,33). The number of aryl methyl sites for hydroxylation is 3. The van der Waals surface area contributed by atoms with Gasteiger partial charge in [0.25, 0.3) is 15.9 Å². The molecule has 0 saturated carbocycles. The van der Waals surface area contributed by atoms with Crippen LogP contribution in [0.2, 0.25) is 0 Å². The number of carbonyl (C=O) groups is 1. The van der Waals surface area contributed by atoms with Gasteiger partial charge in [-0.05, 0) is 99.1 Å². The molecular formula is C25H27N3O4S2. The minimum atomic E-state index is -3.76. The van der Waals surface area contributed by atoms with Gasteiger partial charge in [0, 0.05) is 11.3 Å². The summed E-state index contributed by atoms with van der Waals surface area (Å²) < 4.78 is 33.4. The SMILES string of the molecule is COc1cc(C(=O)NC(=S)Nc2ccc(S(=O)(=O)Nc3ccc(C)cc3C)cc2)cc(C)c1C. The van der Waals surface area contributed by atoms with E-state index < -0.39 is 10.0 Å². The summed E-state index contributed by atoms with van der Waals surface area (Å²) in [5.74, 6) is 0.242. The van der Waals surface area contributed by atoms with Gasteiger partial charge in [0.15, 0.2) is 5.11 Å². The Morgan fingerprint density at radius 2 is 1.59 bits per heavy atom. The highest BCUT2D eigenvalue weighted by atomic mass is 32.2. The molecule has 0 heterocycles. The van der Waals surface area contributed by atoms with Crippen molar-refractivity contribution in [3.8, 4) is 5.75 Å². The summed E-state index contributed by atoms with van der Waals surface area (Å²) in [5, 5.41) is 5.61. The Kier molecular flexibility index (Phi) is 7.58. The second-order valence-electron chi connectivity index (χ2n) is 7.98. The van der Waals surface area contributed by atoms with Gasteiger partial charge in [0.05, 0.1) is 17.7 Å². The van der Waals surface area contributed by atoms with E-state index in [0.29, 0.717) is 22.7 Å². The number of benzene rings is 3. The number of ether oxygens (including phenoxy) is 1. The minimum absolute atomic E-state index is 0.0891. The molecule has 3 aromatic carbocycles. The maximum atomic E-state index is 12.8. The van der Waals surface area contributed by atoms with Crippen molar-refractivity contribution in [3.05, 3.63) is 82.4 Å². The zero-order valence-corrected chi connectivity index (χ0v) is 21.3. The Morgan fingerprint density at radius 1 is 0.912 bits per heavy atom. The van der Waals surface area contributed by atoms with Crippen LogP contribution in [0.25, 0.3) is 0 Å². The molecule has 0 spiro atoms. The molecule has 0 unspecified atom stereocenters. The summed E-state index contributed by atoms with van der Waals surface area (Å²) >= 11 is 5.25. The monoisotopic (exact) mass is 497 g/mol. The van der Waals surface area contributed by atoms with Gasteiger partial charge in [0.1, 0.15) is 5.75 Å². The summed E-state index contributed by atoms with van der Waals surface area (Å²) in [6.45, 7) is 7.61. The summed E-state index contributed by atoms with van der Waals surface area (Å²) in [7, 11) is -2.20. The maximum Gasteiger partial charge on any atom is 0.261 e. The van der Waals surface area contributed by atoms with E-state index >= 15 is 0 Å². The second kappa shape index (κ2) is 10.2. The van der Waals surface area contributed by atoms with Gasteiger partial charge >= 0.3 is 0 Å². The van der Waals surface area contributed by atoms with Gasteiger partial charge in [0.2, 0.25) is 0 Å². The second-order valence-corrected chi connectivity index (χ2v) is 10.1. The van der Waals surface area contributed by atoms with Crippen molar-refractivity contribution in [2.45, 2.75) is 32.6 Å². The molecule has 0 atom stereocenters. The topological polar surface area (TPSA) is 96.5 Å². The van der Waals surface area contributed by atoms with Crippen molar-refractivity contribution in [1.82, 2.24) is 5.32 Å². The van der Waals surface area contributed by atoms with Crippen LogP contribution in [0, 0.1) is 27.7 Å². The Bertz CT molecular complexity index is 1350. The highest BCUT2D eigenvalue weighted by Crippen LogP contribution is 2.24. The molecule has 0 aliphatic rings. The first-order valence-electron chi connectivity index (χ1n) is 10.5. The third-order valence-corrected chi connectivity index (χ3v) is 6.96. The van der Waals surface area contributed by atoms with Gasteiger partial charge < -0.3 is 10.1 Å². The fourth-order valence-corrected chi connectivity index (χ4v) is 4.70. The molecule has 3 N–H and O–H groups in total. The van der Waals surface area contributed by atoms with E-state index in [-0.39, 0.29) is 15.9 Å². The number of methoxy groups -OCH3 is 1. The number of anilines is 2. The molecule has 34 heavy (non-hydrogen) atoms. The first kappa shape index (κ1) is 25.2. The molecule has 0 radical (unpaired) electrons. The third-order valence-electron chi connectivity index (χ3n) is 5.38. The van der Waals surface area contributed by atoms with Crippen LogP contribution in [0.3, 0.4) is 0 Å². The van der Waals surface area contributed by atoms with Crippen molar-refractivity contribution in [2.75, 3.05) is 17.1 Å². The van der Waals surface area contributed by atoms with Crippen LogP contribution >= 0.6 is 12.2 Å². The molecule has 3 aromatic rings. The lowest BCUT2D eigenvalue weighted by Crippen LogP contribution is -2.34. The summed E-state index contributed by atoms with van der Waals surface area (Å²) in [6, 6.07) is 15.0. The van der Waals surface area contributed by atoms with Crippen LogP contribution in [0.15, 0.2) is 59.5 Å². The maximum absolute atomic E-state index is 12.8. The normalized spacial score (nSPS) is 11.0. The van der Waals surface area contributed by atoms with Gasteiger partial charge in [-0.2, -0.15) is 0 Å². The number of rotatable bonds is 6. The molecule has 1 amide bonds. The number of hydrogen-bond donors (Lipinski definition) is 3. The van der Waals surface area contributed by atoms with Crippen molar-refractivity contribution in [3.63, 3.8) is 0 Å². The van der Waals surface area contributed by atoms with E-state index in [2.05, 4.69) is 15.4 Å². The van der Waals surface area contributed by atoms with Crippen LogP contribution in [0.1, 0.15) is 32.6 Å². The van der Waals surface area contributed by atoms with Crippen molar-refractivity contribution < 1.29 is 17.9 Å². The first-order valence-corrected chi connectivity index (χ1v) is 12.4. The van der Waals surface area contributed by atoms with Crippen LogP contribution in [0.5, 0.6) is 5.75 Å². The number of hydrogen-bond acceptors (Lipinski definition) is 5. The molecule has 3 rings (SSSR count). The number of nitrogens with one attached hydrogen (secondary N) is 3. The van der Waals surface area contributed by atoms with Crippen LogP contribution in [-0.2, 0) is 10.0 Å². The van der Waals surface area contributed by atoms with E-state index in [1.165, 1.54) is 12.1 Å². The number of amides is 1. The van der Waals surface area contributed by atoms with E-state index in [1.54, 1.807) is 37.4 Å². The largest absolute Gasteiger partial charge is 0.496 e. The van der Waals surface area contributed by atoms with E-state index in [9.17, 15) is 13.2 Å². The fraction of sp³-hybridized carbons (Fsp3) is 0.200. The Labute approximate surface area is 205 Å². The molecule has 178 valence electrons. The lowest BCUT2D eigenvalue weighted by Gasteiger charge is -2.14. The minimum Gasteiger partial charge on any atom is -0.496 e. The smallest absolute Gasteiger partial charge is 0.261 e. The quantitative estimate of drug-likeness (QED) is 0.421. The lowest BCUT2D eigenvalue weighted by molar-refractivity contribution is 0.0977. The average molecular weight is 498 g/mol. The number of sulfonamides is 1. The Morgan fingerprint density at radius 3 is 2.21 bits per heavy atom. The van der Waals surface area contributed by atoms with E-state index in [1.807, 2.05) is 39.8 Å². The predicted molar refractivity (Wildman–Crippen MR) is 139 cm³/mol. The fourth-order valence-electron chi connectivity index (χ4n) is 3.36. The zero-order valence-electron chi connectivity index (χ0n) is 19.6. The van der Waals surface area contributed by atoms with Crippen molar-refractivity contribution in [2.24, 2.45) is 0 Å². The van der Waals surface area contributed by atoms with E-state index in [4.69, 9.17) is 17.0 Å². The van der Waals surface area contributed by atoms with Gasteiger partial charge in [-0.15, -0.1) is 0 Å². The molecule has 9 heteroatoms. The van der Waals surface area contributed by atoms with Crippen LogP contribution < -0.4 is 20.1 Å². The van der Waals surface area contributed by atoms with Gasteiger partial charge in [-0.3, -0.25) is 14.8 Å². The summed E-state index contributed by atoms with van der Waals surface area (Å²) in [6.07, 6.45) is 0. The Hall–Kier alpha value is -3.43. The number of carbonyl (C=O) groups excluding carboxylic acids is 1. The van der Waals surface area contributed by atoms with E-state index in [0.717, 1.165) is 22.3 Å². The van der Waals surface area contributed by atoms with Crippen molar-refractivity contribution >= 4 is 44.6 Å². The summed E-state index contributed by atoms with van der Waals surface area (Å²) in [4.78, 5) is 12.7. The van der Waals surface area contributed by atoms with Crippen molar-refractivity contribution in [1.29, 1.82) is 0 Å². The Balaban J connectivity index is 1.66. The molecule has 0 saturated heterocycles. The van der Waals surface area contributed by atoms with Crippen LogP contribution in [-0.4, -0.2) is 26.5 Å². The third kappa shape index (κ3) is 5.92. The average Bonchev–Trinajstić information content (AvgIpc) is 2.77. The van der Waals surface area contributed by atoms with Crippen LogP contribution in [0.4, 0.5) is 11.4 Å². The molecular weight excluding hydrogens is 470 g/mol. The lowest BCUT2D eigenvalue weighted by atomic mass is 10.0. The molecule has 0 aromatic heterocycles. The zero-order chi connectivity index (χ0) is 25.0. The predicted octanol–water partition coefficient (Wildman–Crippen LogP) is 4.86. The highest BCUT2D eigenvalue weighted by molar-refractivity contribution is 7.92.